The van der Waals surface area contributed by atoms with E-state index in [0.717, 1.165) is 11.3 Å². The van der Waals surface area contributed by atoms with Crippen LogP contribution < -0.4 is 10.6 Å². The molecule has 1 aromatic heterocycles. The van der Waals surface area contributed by atoms with Crippen LogP contribution in [0.15, 0.2) is 0 Å². The summed E-state index contributed by atoms with van der Waals surface area (Å²) in [6.07, 6.45) is 0. The van der Waals surface area contributed by atoms with Crippen molar-refractivity contribution in [2.24, 2.45) is 5.92 Å². The van der Waals surface area contributed by atoms with Gasteiger partial charge in [0.05, 0.1) is 23.0 Å². The minimum Gasteiger partial charge on any atom is -0.481 e. The number of carbonyl (C=O) groups excluding carboxylic acids is 3. The van der Waals surface area contributed by atoms with Gasteiger partial charge in [0, 0.05) is 20.6 Å². The van der Waals surface area contributed by atoms with Crippen LogP contribution in [0.3, 0.4) is 0 Å². The van der Waals surface area contributed by atoms with Crippen LogP contribution in [0.5, 0.6) is 0 Å². The van der Waals surface area contributed by atoms with Crippen LogP contribution in [0, 0.1) is 12.8 Å². The number of hydrogen-bond acceptors (Lipinski definition) is 6. The number of ether oxygens (including phenoxy) is 1. The first-order valence-corrected chi connectivity index (χ1v) is 8.73. The van der Waals surface area contributed by atoms with Gasteiger partial charge < -0.3 is 20.1 Å². The minimum atomic E-state index is -1.02. The van der Waals surface area contributed by atoms with Gasteiger partial charge in [0.25, 0.3) is 5.91 Å². The summed E-state index contributed by atoms with van der Waals surface area (Å²) in [6, 6.07) is -0.589. The fraction of sp³-hybridized carbons (Fsp3) is 0.500. The average Bonchev–Trinajstić information content (AvgIpc) is 2.90. The van der Waals surface area contributed by atoms with Crippen LogP contribution in [0.1, 0.15) is 39.4 Å². The lowest BCUT2D eigenvalue weighted by Gasteiger charge is -2.19. The molecule has 0 radical (unpaired) electrons. The smallest absolute Gasteiger partial charge is 0.341 e. The maximum absolute atomic E-state index is 12.3. The summed E-state index contributed by atoms with van der Waals surface area (Å²) in [7, 11) is 2.91. The van der Waals surface area contributed by atoms with Gasteiger partial charge in [0.1, 0.15) is 5.00 Å². The molecule has 0 aliphatic heterocycles. The number of hydrogen-bond donors (Lipinski definition) is 3. The van der Waals surface area contributed by atoms with Crippen LogP contribution >= 0.6 is 11.3 Å². The first-order valence-electron chi connectivity index (χ1n) is 7.91. The molecule has 0 aliphatic rings. The van der Waals surface area contributed by atoms with Crippen molar-refractivity contribution in [2.75, 3.05) is 32.6 Å². The molecule has 10 heteroatoms. The Bertz CT molecular complexity index is 715. The molecule has 0 spiro atoms. The zero-order chi connectivity index (χ0) is 20.0. The van der Waals surface area contributed by atoms with Crippen molar-refractivity contribution < 1.29 is 29.0 Å². The molecule has 26 heavy (non-hydrogen) atoms. The maximum Gasteiger partial charge on any atom is 0.341 e. The second-order valence-corrected chi connectivity index (χ2v) is 6.63. The molecule has 1 rings (SSSR count). The Labute approximate surface area is 155 Å². The van der Waals surface area contributed by atoms with Crippen molar-refractivity contribution in [1.82, 2.24) is 10.2 Å². The molecular weight excluding hydrogens is 362 g/mol. The Morgan fingerprint density at radius 1 is 1.31 bits per heavy atom. The van der Waals surface area contributed by atoms with Crippen LogP contribution in [0.2, 0.25) is 0 Å². The molecule has 144 valence electrons. The third-order valence-corrected chi connectivity index (χ3v) is 4.80. The molecule has 0 aliphatic carbocycles. The van der Waals surface area contributed by atoms with Crippen molar-refractivity contribution in [3.8, 4) is 0 Å². The lowest BCUT2D eigenvalue weighted by atomic mass is 10.1. The summed E-state index contributed by atoms with van der Waals surface area (Å²) < 4.78 is 5.01. The summed E-state index contributed by atoms with van der Waals surface area (Å²) >= 11 is 0.956. The average molecular weight is 385 g/mol. The van der Waals surface area contributed by atoms with E-state index in [1.807, 2.05) is 0 Å². The van der Waals surface area contributed by atoms with Gasteiger partial charge in [-0.25, -0.2) is 9.59 Å². The molecule has 9 nitrogen and oxygen atoms in total. The minimum absolute atomic E-state index is 0.0113. The van der Waals surface area contributed by atoms with Crippen molar-refractivity contribution in [3.63, 3.8) is 0 Å². The van der Waals surface area contributed by atoms with Gasteiger partial charge in [-0.05, 0) is 19.4 Å². The number of nitrogens with zero attached hydrogens (tertiary/aromatic N) is 1. The number of carboxylic acid groups (broad SMARTS) is 1. The predicted molar refractivity (Wildman–Crippen MR) is 96.9 cm³/mol. The number of anilines is 1. The SMILES string of the molecule is CCOC(=O)c1c(NC(=O)N(C)CC(C)C(=O)O)sc(C(=O)NC)c1C. The molecule has 3 N–H and O–H groups in total. The molecular formula is C16H23N3O6S. The van der Waals surface area contributed by atoms with E-state index in [1.54, 1.807) is 13.8 Å². The summed E-state index contributed by atoms with van der Waals surface area (Å²) in [5.41, 5.74) is 0.521. The van der Waals surface area contributed by atoms with Crippen LogP contribution in [0.4, 0.5) is 9.80 Å². The summed E-state index contributed by atoms with van der Waals surface area (Å²) in [6.45, 7) is 4.86. The zero-order valence-corrected chi connectivity index (χ0v) is 16.2. The molecule has 0 bridgehead atoms. The molecule has 0 fully saturated rings. The molecule has 0 saturated heterocycles. The number of rotatable bonds is 7. The topological polar surface area (TPSA) is 125 Å². The number of aliphatic carboxylic acids is 1. The zero-order valence-electron chi connectivity index (χ0n) is 15.3. The van der Waals surface area contributed by atoms with Gasteiger partial charge in [-0.15, -0.1) is 11.3 Å². The monoisotopic (exact) mass is 385 g/mol. The Morgan fingerprint density at radius 3 is 2.42 bits per heavy atom. The second kappa shape index (κ2) is 9.18. The van der Waals surface area contributed by atoms with E-state index in [4.69, 9.17) is 9.84 Å². The highest BCUT2D eigenvalue weighted by atomic mass is 32.1. The normalized spacial score (nSPS) is 11.4. The molecule has 1 heterocycles. The van der Waals surface area contributed by atoms with E-state index < -0.39 is 23.9 Å². The molecule has 0 aromatic carbocycles. The van der Waals surface area contributed by atoms with Gasteiger partial charge in [-0.3, -0.25) is 14.9 Å². The fourth-order valence-electron chi connectivity index (χ4n) is 2.15. The first kappa shape index (κ1) is 21.4. The van der Waals surface area contributed by atoms with Gasteiger partial charge in [-0.2, -0.15) is 0 Å². The largest absolute Gasteiger partial charge is 0.481 e. The van der Waals surface area contributed by atoms with Crippen molar-refractivity contribution >= 4 is 40.2 Å². The van der Waals surface area contributed by atoms with Crippen LogP contribution in [-0.2, 0) is 9.53 Å². The summed E-state index contributed by atoms with van der Waals surface area (Å²) in [4.78, 5) is 49.0. The highest BCUT2D eigenvalue weighted by molar-refractivity contribution is 7.18. The Kier molecular flexibility index (Phi) is 7.56. The van der Waals surface area contributed by atoms with E-state index in [9.17, 15) is 19.2 Å². The van der Waals surface area contributed by atoms with Crippen LogP contribution in [0.25, 0.3) is 0 Å². The standard InChI is InChI=1S/C16H23N3O6S/c1-6-25-15(23)10-9(3)11(12(20)17-4)26-13(10)18-16(24)19(5)7-8(2)14(21)22/h8H,6-7H2,1-5H3,(H,17,20)(H,18,24)(H,21,22). The number of esters is 1. The van der Waals surface area contributed by atoms with E-state index in [0.29, 0.717) is 5.56 Å². The molecule has 3 amide bonds. The number of carboxylic acids is 1. The van der Waals surface area contributed by atoms with Crippen molar-refractivity contribution in [2.45, 2.75) is 20.8 Å². The Balaban J connectivity index is 3.13. The third-order valence-electron chi connectivity index (χ3n) is 3.60. The van der Waals surface area contributed by atoms with Gasteiger partial charge in [-0.1, -0.05) is 6.92 Å². The number of amides is 3. The third kappa shape index (κ3) is 4.94. The van der Waals surface area contributed by atoms with Gasteiger partial charge in [0.15, 0.2) is 0 Å². The van der Waals surface area contributed by atoms with Gasteiger partial charge in [0.2, 0.25) is 0 Å². The quantitative estimate of drug-likeness (QED) is 0.615. The van der Waals surface area contributed by atoms with Crippen molar-refractivity contribution in [3.05, 3.63) is 16.0 Å². The molecule has 1 unspecified atom stereocenters. The summed E-state index contributed by atoms with van der Waals surface area (Å²) in [5, 5.41) is 14.2. The van der Waals surface area contributed by atoms with E-state index in [2.05, 4.69) is 10.6 Å². The summed E-state index contributed by atoms with van der Waals surface area (Å²) in [5.74, 6) is -2.80. The molecule has 1 atom stereocenters. The fourth-order valence-corrected chi connectivity index (χ4v) is 3.28. The number of nitrogens with one attached hydrogen (secondary N) is 2. The van der Waals surface area contributed by atoms with E-state index >= 15 is 0 Å². The highest BCUT2D eigenvalue weighted by Crippen LogP contribution is 2.34. The molecule has 0 saturated carbocycles. The highest BCUT2D eigenvalue weighted by Gasteiger charge is 2.27. The van der Waals surface area contributed by atoms with E-state index in [-0.39, 0.29) is 34.5 Å². The second-order valence-electron chi connectivity index (χ2n) is 5.61. The molecule has 1 aromatic rings. The van der Waals surface area contributed by atoms with E-state index in [1.165, 1.54) is 25.9 Å². The van der Waals surface area contributed by atoms with Crippen molar-refractivity contribution in [1.29, 1.82) is 0 Å². The lowest BCUT2D eigenvalue weighted by molar-refractivity contribution is -0.141. The Morgan fingerprint density at radius 2 is 1.92 bits per heavy atom. The predicted octanol–water partition coefficient (Wildman–Crippen LogP) is 1.78. The lowest BCUT2D eigenvalue weighted by Crippen LogP contribution is -2.36. The number of thiophene rings is 1. The maximum atomic E-state index is 12.3. The Hall–Kier alpha value is -2.62. The van der Waals surface area contributed by atoms with Gasteiger partial charge >= 0.3 is 18.0 Å². The first-order chi connectivity index (χ1) is 12.1. The van der Waals surface area contributed by atoms with Crippen LogP contribution in [-0.4, -0.2) is 61.1 Å². The number of carbonyl (C=O) groups is 4. The number of urea groups is 1.